The van der Waals surface area contributed by atoms with Gasteiger partial charge in [0, 0.05) is 12.2 Å². The van der Waals surface area contributed by atoms with Crippen LogP contribution in [0.3, 0.4) is 0 Å². The van der Waals surface area contributed by atoms with Crippen LogP contribution in [-0.4, -0.2) is 47.1 Å². The fourth-order valence-corrected chi connectivity index (χ4v) is 3.23. The molecule has 2 heterocycles. The Hall–Kier alpha value is -2.44. The van der Waals surface area contributed by atoms with Crippen molar-refractivity contribution < 1.29 is 9.94 Å². The van der Waals surface area contributed by atoms with E-state index in [0.717, 1.165) is 30.9 Å². The molecule has 144 valence electrons. The third kappa shape index (κ3) is 5.28. The predicted octanol–water partition coefficient (Wildman–Crippen LogP) is 3.10. The molecule has 0 spiro atoms. The molecule has 6 heteroatoms. The molecule has 1 fully saturated rings. The highest BCUT2D eigenvalue weighted by Crippen LogP contribution is 2.19. The number of pyridine rings is 1. The minimum atomic E-state index is 0.390. The van der Waals surface area contributed by atoms with Crippen LogP contribution < -0.4 is 10.2 Å². The van der Waals surface area contributed by atoms with E-state index in [1.165, 1.54) is 18.4 Å². The summed E-state index contributed by atoms with van der Waals surface area (Å²) >= 11 is 0. The van der Waals surface area contributed by atoms with Crippen LogP contribution in [0, 0.1) is 13.8 Å². The molecule has 27 heavy (non-hydrogen) atoms. The van der Waals surface area contributed by atoms with Crippen LogP contribution in [0.5, 0.6) is 5.88 Å². The summed E-state index contributed by atoms with van der Waals surface area (Å²) in [7, 11) is 0. The van der Waals surface area contributed by atoms with E-state index in [1.54, 1.807) is 0 Å². The molecular formula is C21H28N4O2. The minimum absolute atomic E-state index is 0.390. The maximum atomic E-state index is 9.62. The summed E-state index contributed by atoms with van der Waals surface area (Å²) in [6, 6.07) is 11.9. The van der Waals surface area contributed by atoms with Gasteiger partial charge in [-0.3, -0.25) is 15.7 Å². The number of aryl methyl sites for hydroxylation is 2. The first-order chi connectivity index (χ1) is 13.2. The Morgan fingerprint density at radius 3 is 2.70 bits per heavy atom. The van der Waals surface area contributed by atoms with Gasteiger partial charge in [-0.15, -0.1) is 0 Å². The number of hydrogen-bond acceptors (Lipinski definition) is 5. The summed E-state index contributed by atoms with van der Waals surface area (Å²) < 4.78 is 5.99. The first kappa shape index (κ1) is 19.3. The van der Waals surface area contributed by atoms with E-state index in [4.69, 9.17) is 4.74 Å². The van der Waals surface area contributed by atoms with E-state index in [1.807, 2.05) is 37.3 Å². The normalized spacial score (nSPS) is 15.1. The molecule has 3 rings (SSSR count). The molecule has 1 saturated heterocycles. The molecule has 1 aromatic carbocycles. The number of aliphatic imine (C=N–C) groups is 1. The number of hydroxylamine groups is 1. The highest BCUT2D eigenvalue weighted by atomic mass is 16.5. The molecule has 0 atom stereocenters. The predicted molar refractivity (Wildman–Crippen MR) is 106 cm³/mol. The number of likely N-dealkylation sites (tertiary alicyclic amines) is 1. The Balaban J connectivity index is 1.73. The van der Waals surface area contributed by atoms with Crippen molar-refractivity contribution in [1.29, 1.82) is 0 Å². The van der Waals surface area contributed by atoms with Crippen molar-refractivity contribution in [3.05, 3.63) is 58.8 Å². The lowest BCUT2D eigenvalue weighted by Crippen LogP contribution is -2.26. The molecule has 2 N–H and O–H groups in total. The SMILES string of the molecule is Cc1ccc(C(=NCCN2CCCC2)NO)c(OCc2ccccc2C)n1. The molecule has 6 nitrogen and oxygen atoms in total. The topological polar surface area (TPSA) is 70.0 Å². The molecule has 1 aliphatic rings. The molecule has 0 bridgehead atoms. The zero-order valence-electron chi connectivity index (χ0n) is 16.1. The number of amidine groups is 1. The Morgan fingerprint density at radius 1 is 1.19 bits per heavy atom. The number of benzene rings is 1. The fraction of sp³-hybridized carbons (Fsp3) is 0.429. The van der Waals surface area contributed by atoms with Crippen molar-refractivity contribution in [1.82, 2.24) is 15.4 Å². The largest absolute Gasteiger partial charge is 0.472 e. The molecule has 1 aliphatic heterocycles. The van der Waals surface area contributed by atoms with Gasteiger partial charge in [0.1, 0.15) is 6.61 Å². The minimum Gasteiger partial charge on any atom is -0.472 e. The first-order valence-corrected chi connectivity index (χ1v) is 9.49. The number of ether oxygens (including phenoxy) is 1. The van der Waals surface area contributed by atoms with E-state index in [2.05, 4.69) is 33.3 Å². The van der Waals surface area contributed by atoms with Crippen molar-refractivity contribution in [2.75, 3.05) is 26.2 Å². The number of hydrogen-bond donors (Lipinski definition) is 2. The van der Waals surface area contributed by atoms with Crippen LogP contribution in [0.25, 0.3) is 0 Å². The summed E-state index contributed by atoms with van der Waals surface area (Å²) in [5.41, 5.74) is 6.02. The molecule has 0 aliphatic carbocycles. The van der Waals surface area contributed by atoms with E-state index in [-0.39, 0.29) is 0 Å². The Bertz CT molecular complexity index is 786. The second kappa shape index (κ2) is 9.48. The lowest BCUT2D eigenvalue weighted by molar-refractivity contribution is 0.233. The highest BCUT2D eigenvalue weighted by molar-refractivity contribution is 6.00. The summed E-state index contributed by atoms with van der Waals surface area (Å²) in [5, 5.41) is 9.62. The van der Waals surface area contributed by atoms with Gasteiger partial charge in [0.05, 0.1) is 12.1 Å². The van der Waals surface area contributed by atoms with Gasteiger partial charge in [0.2, 0.25) is 5.88 Å². The van der Waals surface area contributed by atoms with Crippen molar-refractivity contribution >= 4 is 5.84 Å². The quantitative estimate of drug-likeness (QED) is 0.446. The van der Waals surface area contributed by atoms with E-state index < -0.39 is 0 Å². The van der Waals surface area contributed by atoms with Gasteiger partial charge in [0.15, 0.2) is 5.84 Å². The smallest absolute Gasteiger partial charge is 0.225 e. The Labute approximate surface area is 160 Å². The second-order valence-electron chi connectivity index (χ2n) is 6.91. The first-order valence-electron chi connectivity index (χ1n) is 9.49. The van der Waals surface area contributed by atoms with E-state index >= 15 is 0 Å². The van der Waals surface area contributed by atoms with Gasteiger partial charge in [-0.2, -0.15) is 0 Å². The molecule has 0 unspecified atom stereocenters. The molecular weight excluding hydrogens is 340 g/mol. The molecule has 0 amide bonds. The van der Waals surface area contributed by atoms with Crippen LogP contribution in [-0.2, 0) is 6.61 Å². The fourth-order valence-electron chi connectivity index (χ4n) is 3.23. The van der Waals surface area contributed by atoms with Gasteiger partial charge in [-0.1, -0.05) is 24.3 Å². The van der Waals surface area contributed by atoms with Crippen LogP contribution >= 0.6 is 0 Å². The number of nitrogens with zero attached hydrogens (tertiary/aromatic N) is 3. The Kier molecular flexibility index (Phi) is 6.79. The Morgan fingerprint density at radius 2 is 1.96 bits per heavy atom. The standard InChI is InChI=1S/C21H28N4O2/c1-16-7-3-4-8-18(16)15-27-21-19(10-9-17(2)23-21)20(24-26)22-11-14-25-12-5-6-13-25/h3-4,7-10,26H,5-6,11-15H2,1-2H3,(H,22,24). The summed E-state index contributed by atoms with van der Waals surface area (Å²) in [6.45, 7) is 8.17. The van der Waals surface area contributed by atoms with Crippen LogP contribution in [0.4, 0.5) is 0 Å². The summed E-state index contributed by atoms with van der Waals surface area (Å²) in [4.78, 5) is 11.4. The van der Waals surface area contributed by atoms with Crippen LogP contribution in [0.1, 0.15) is 35.2 Å². The van der Waals surface area contributed by atoms with Crippen molar-refractivity contribution in [2.24, 2.45) is 4.99 Å². The molecule has 0 saturated carbocycles. The summed E-state index contributed by atoms with van der Waals surface area (Å²) in [6.07, 6.45) is 2.52. The lowest BCUT2D eigenvalue weighted by atomic mass is 10.1. The third-order valence-corrected chi connectivity index (χ3v) is 4.87. The maximum absolute atomic E-state index is 9.62. The van der Waals surface area contributed by atoms with E-state index in [9.17, 15) is 5.21 Å². The third-order valence-electron chi connectivity index (χ3n) is 4.87. The van der Waals surface area contributed by atoms with Crippen molar-refractivity contribution in [2.45, 2.75) is 33.3 Å². The zero-order chi connectivity index (χ0) is 19.1. The second-order valence-corrected chi connectivity index (χ2v) is 6.91. The zero-order valence-corrected chi connectivity index (χ0v) is 16.1. The molecule has 1 aromatic heterocycles. The summed E-state index contributed by atoms with van der Waals surface area (Å²) in [5.74, 6) is 0.862. The maximum Gasteiger partial charge on any atom is 0.225 e. The van der Waals surface area contributed by atoms with Gasteiger partial charge in [-0.05, 0) is 63.0 Å². The van der Waals surface area contributed by atoms with E-state index in [0.29, 0.717) is 30.4 Å². The number of aromatic nitrogens is 1. The van der Waals surface area contributed by atoms with Crippen molar-refractivity contribution in [3.8, 4) is 5.88 Å². The van der Waals surface area contributed by atoms with Gasteiger partial charge in [0.25, 0.3) is 0 Å². The van der Waals surface area contributed by atoms with Gasteiger partial charge in [-0.25, -0.2) is 4.98 Å². The lowest BCUT2D eigenvalue weighted by Gasteiger charge is -2.15. The average molecular weight is 368 g/mol. The van der Waals surface area contributed by atoms with Crippen LogP contribution in [0.15, 0.2) is 41.4 Å². The number of nitrogens with one attached hydrogen (secondary N) is 1. The van der Waals surface area contributed by atoms with Crippen molar-refractivity contribution in [3.63, 3.8) is 0 Å². The van der Waals surface area contributed by atoms with Crippen LogP contribution in [0.2, 0.25) is 0 Å². The van der Waals surface area contributed by atoms with Gasteiger partial charge >= 0.3 is 0 Å². The molecule has 0 radical (unpaired) electrons. The highest BCUT2D eigenvalue weighted by Gasteiger charge is 2.14. The monoisotopic (exact) mass is 368 g/mol. The molecule has 2 aromatic rings. The number of rotatable bonds is 7. The van der Waals surface area contributed by atoms with Gasteiger partial charge < -0.3 is 9.64 Å². The average Bonchev–Trinajstić information content (AvgIpc) is 3.19.